The van der Waals surface area contributed by atoms with Crippen molar-refractivity contribution in [3.8, 4) is 0 Å². The summed E-state index contributed by atoms with van der Waals surface area (Å²) in [4.78, 5) is 0. The van der Waals surface area contributed by atoms with Gasteiger partial charge in [-0.05, 0) is 23.8 Å². The Bertz CT molecular complexity index is 754. The maximum absolute atomic E-state index is 10.6. The van der Waals surface area contributed by atoms with Crippen LogP contribution >= 0.6 is 11.6 Å². The second-order valence-electron chi connectivity index (χ2n) is 4.69. The molecule has 0 amide bonds. The summed E-state index contributed by atoms with van der Waals surface area (Å²) in [6.07, 6.45) is 0.951. The van der Waals surface area contributed by atoms with E-state index in [0.29, 0.717) is 0 Å². The van der Waals surface area contributed by atoms with E-state index in [2.05, 4.69) is 10.3 Å². The van der Waals surface area contributed by atoms with Crippen molar-refractivity contribution in [3.63, 3.8) is 0 Å². The lowest BCUT2D eigenvalue weighted by molar-refractivity contribution is 0.130. The van der Waals surface area contributed by atoms with Gasteiger partial charge in [0.05, 0.1) is 5.52 Å². The van der Waals surface area contributed by atoms with Gasteiger partial charge in [0.2, 0.25) is 0 Å². The van der Waals surface area contributed by atoms with Crippen LogP contribution in [0.4, 0.5) is 0 Å². The first-order chi connectivity index (χ1) is 10.3. The van der Waals surface area contributed by atoms with E-state index >= 15 is 0 Å². The molecule has 2 atom stereocenters. The molecule has 0 radical (unpaired) electrons. The predicted molar refractivity (Wildman–Crippen MR) is 83.0 cm³/mol. The van der Waals surface area contributed by atoms with Gasteiger partial charge < -0.3 is 5.11 Å². The number of aliphatic hydroxyl groups is 1. The van der Waals surface area contributed by atoms with Gasteiger partial charge in [-0.15, -0.1) is 5.10 Å². The summed E-state index contributed by atoms with van der Waals surface area (Å²) in [6.45, 7) is 0. The number of rotatable bonds is 4. The maximum atomic E-state index is 10.6. The fraction of sp³-hybridized carbons (Fsp3) is 0.125. The summed E-state index contributed by atoms with van der Waals surface area (Å²) >= 11 is 5.74. The molecule has 2 aromatic carbocycles. The molecule has 0 saturated carbocycles. The van der Waals surface area contributed by atoms with Crippen LogP contribution in [0.1, 0.15) is 17.7 Å². The number of halogens is 1. The Kier molecular flexibility index (Phi) is 3.99. The fourth-order valence-corrected chi connectivity index (χ4v) is 2.50. The number of hydrogen-bond acceptors (Lipinski definition) is 3. The zero-order valence-corrected chi connectivity index (χ0v) is 11.9. The molecular formula is C16H14ClN3O. The van der Waals surface area contributed by atoms with Gasteiger partial charge in [0.25, 0.3) is 0 Å². The van der Waals surface area contributed by atoms with Gasteiger partial charge in [-0.25, -0.2) is 4.68 Å². The quantitative estimate of drug-likeness (QED) is 0.802. The molecule has 4 nitrogen and oxygen atoms in total. The van der Waals surface area contributed by atoms with Gasteiger partial charge in [0, 0.05) is 5.54 Å². The zero-order chi connectivity index (χ0) is 14.7. The van der Waals surface area contributed by atoms with Crippen LogP contribution in [0.2, 0.25) is 0 Å². The average molecular weight is 300 g/mol. The zero-order valence-electron chi connectivity index (χ0n) is 11.2. The molecule has 0 spiro atoms. The highest BCUT2D eigenvalue weighted by Crippen LogP contribution is 2.29. The van der Waals surface area contributed by atoms with E-state index in [1.165, 1.54) is 5.54 Å². The molecule has 1 N–H and O–H groups in total. The van der Waals surface area contributed by atoms with Crippen LogP contribution in [-0.4, -0.2) is 20.1 Å². The fourth-order valence-electron chi connectivity index (χ4n) is 2.35. The van der Waals surface area contributed by atoms with Crippen LogP contribution in [0.25, 0.3) is 11.0 Å². The first kappa shape index (κ1) is 13.8. The molecule has 0 bridgehead atoms. The van der Waals surface area contributed by atoms with Crippen molar-refractivity contribution in [2.24, 2.45) is 0 Å². The Balaban J connectivity index is 2.06. The van der Waals surface area contributed by atoms with Gasteiger partial charge in [0.15, 0.2) is 0 Å². The predicted octanol–water partition coefficient (Wildman–Crippen LogP) is 3.46. The topological polar surface area (TPSA) is 50.9 Å². The van der Waals surface area contributed by atoms with Crippen LogP contribution in [0.3, 0.4) is 0 Å². The van der Waals surface area contributed by atoms with E-state index in [9.17, 15) is 5.11 Å². The smallest absolute Gasteiger partial charge is 0.113 e. The second kappa shape index (κ2) is 6.08. The van der Waals surface area contributed by atoms with Crippen LogP contribution < -0.4 is 0 Å². The molecule has 106 valence electrons. The van der Waals surface area contributed by atoms with Gasteiger partial charge in [-0.3, -0.25) is 0 Å². The number of para-hydroxylation sites is 1. The normalized spacial score (nSPS) is 14.6. The molecule has 5 heteroatoms. The Hall–Kier alpha value is -2.17. The largest absolute Gasteiger partial charge is 0.386 e. The minimum atomic E-state index is -0.758. The van der Waals surface area contributed by atoms with Gasteiger partial charge >= 0.3 is 0 Å². The lowest BCUT2D eigenvalue weighted by atomic mass is 10.0. The number of aliphatic hydroxyl groups excluding tert-OH is 1. The van der Waals surface area contributed by atoms with E-state index in [-0.39, 0.29) is 0 Å². The third-order valence-electron chi connectivity index (χ3n) is 3.39. The SMILES string of the molecule is O[C@@H](c1ccccc1)[C@H](/C=C\Cl)n1nnc2ccccc21. The van der Waals surface area contributed by atoms with Crippen LogP contribution in [-0.2, 0) is 0 Å². The highest BCUT2D eigenvalue weighted by molar-refractivity contribution is 6.25. The highest BCUT2D eigenvalue weighted by atomic mass is 35.5. The number of fused-ring (bicyclic) bond motifs is 1. The van der Waals surface area contributed by atoms with Crippen LogP contribution in [0.5, 0.6) is 0 Å². The number of nitrogens with zero attached hydrogens (tertiary/aromatic N) is 3. The summed E-state index contributed by atoms with van der Waals surface area (Å²) < 4.78 is 1.69. The summed E-state index contributed by atoms with van der Waals surface area (Å²) in [5.41, 5.74) is 3.84. The summed E-state index contributed by atoms with van der Waals surface area (Å²) in [5.74, 6) is 0. The molecule has 0 aliphatic heterocycles. The average Bonchev–Trinajstić information content (AvgIpc) is 2.97. The molecule has 21 heavy (non-hydrogen) atoms. The Morgan fingerprint density at radius 1 is 1.05 bits per heavy atom. The van der Waals surface area contributed by atoms with Crippen LogP contribution in [0.15, 0.2) is 66.2 Å². The number of benzene rings is 2. The lowest BCUT2D eigenvalue weighted by Crippen LogP contribution is -2.17. The third-order valence-corrected chi connectivity index (χ3v) is 3.54. The Morgan fingerprint density at radius 2 is 1.76 bits per heavy atom. The van der Waals surface area contributed by atoms with E-state index in [4.69, 9.17) is 11.6 Å². The Labute approximate surface area is 127 Å². The van der Waals surface area contributed by atoms with E-state index in [0.717, 1.165) is 16.6 Å². The molecule has 3 rings (SSSR count). The van der Waals surface area contributed by atoms with Crippen molar-refractivity contribution in [1.82, 2.24) is 15.0 Å². The first-order valence-corrected chi connectivity index (χ1v) is 7.04. The van der Waals surface area contributed by atoms with Crippen LogP contribution in [0, 0.1) is 0 Å². The van der Waals surface area contributed by atoms with E-state index in [1.807, 2.05) is 54.6 Å². The summed E-state index contributed by atoms with van der Waals surface area (Å²) in [5, 5.41) is 18.9. The molecule has 0 unspecified atom stereocenters. The van der Waals surface area contributed by atoms with Crippen molar-refractivity contribution in [2.45, 2.75) is 12.1 Å². The molecule has 0 saturated heterocycles. The minimum absolute atomic E-state index is 0.419. The summed E-state index contributed by atoms with van der Waals surface area (Å²) in [7, 11) is 0. The highest BCUT2D eigenvalue weighted by Gasteiger charge is 2.22. The third kappa shape index (κ3) is 2.68. The molecule has 3 aromatic rings. The summed E-state index contributed by atoms with van der Waals surface area (Å²) in [6, 6.07) is 16.6. The second-order valence-corrected chi connectivity index (χ2v) is 4.94. The minimum Gasteiger partial charge on any atom is -0.386 e. The molecule has 0 aliphatic rings. The molecular weight excluding hydrogens is 286 g/mol. The molecule has 1 heterocycles. The van der Waals surface area contributed by atoms with Crippen molar-refractivity contribution in [1.29, 1.82) is 0 Å². The van der Waals surface area contributed by atoms with Gasteiger partial charge in [-0.2, -0.15) is 0 Å². The van der Waals surface area contributed by atoms with Crippen molar-refractivity contribution in [2.75, 3.05) is 0 Å². The van der Waals surface area contributed by atoms with E-state index in [1.54, 1.807) is 10.8 Å². The van der Waals surface area contributed by atoms with E-state index < -0.39 is 12.1 Å². The molecule has 1 aromatic heterocycles. The van der Waals surface area contributed by atoms with Crippen molar-refractivity contribution < 1.29 is 5.11 Å². The standard InChI is InChI=1S/C16H14ClN3O/c17-11-10-15(16(21)12-6-2-1-3-7-12)20-14-9-5-4-8-13(14)18-19-20/h1-11,15-16,21H/b11-10-/t15-,16-/m0/s1. The monoisotopic (exact) mass is 299 g/mol. The van der Waals surface area contributed by atoms with Gasteiger partial charge in [0.1, 0.15) is 17.7 Å². The molecule has 0 fully saturated rings. The maximum Gasteiger partial charge on any atom is 0.113 e. The van der Waals surface area contributed by atoms with Crippen molar-refractivity contribution in [3.05, 3.63) is 71.8 Å². The molecule has 0 aliphatic carbocycles. The van der Waals surface area contributed by atoms with Crippen molar-refractivity contribution >= 4 is 22.6 Å². The van der Waals surface area contributed by atoms with Gasteiger partial charge in [-0.1, -0.05) is 59.3 Å². The number of aromatic nitrogens is 3. The number of hydrogen-bond donors (Lipinski definition) is 1. The lowest BCUT2D eigenvalue weighted by Gasteiger charge is -2.20. The Morgan fingerprint density at radius 3 is 2.52 bits per heavy atom. The first-order valence-electron chi connectivity index (χ1n) is 6.61.